The van der Waals surface area contributed by atoms with Gasteiger partial charge < -0.3 is 34.8 Å². The third kappa shape index (κ3) is 85.0. The van der Waals surface area contributed by atoms with E-state index in [-0.39, 0.29) is 12.9 Å². The summed E-state index contributed by atoms with van der Waals surface area (Å²) in [7, 11) is -9.28. The van der Waals surface area contributed by atoms with E-state index in [9.17, 15) is 0 Å². The third-order valence-corrected chi connectivity index (χ3v) is 4.96. The van der Waals surface area contributed by atoms with Gasteiger partial charge in [0.25, 0.3) is 0 Å². The first-order valence-electron chi connectivity index (χ1n) is 12.5. The smallest absolute Gasteiger partial charge is 0.412 e. The first-order chi connectivity index (χ1) is 14.9. The zero-order valence-electron chi connectivity index (χ0n) is 21.0. The minimum atomic E-state index is -4.64. The molecule has 214 valence electrons. The highest BCUT2D eigenvalue weighted by Crippen LogP contribution is 2.26. The van der Waals surface area contributed by atoms with E-state index in [1.165, 1.54) is 128 Å². The van der Waals surface area contributed by atoms with Crippen LogP contribution in [-0.2, 0) is 9.13 Å². The molecule has 0 atom stereocenters. The van der Waals surface area contributed by atoms with Crippen LogP contribution in [0.5, 0.6) is 0 Å². The Labute approximate surface area is 209 Å². The second kappa shape index (κ2) is 33.2. The van der Waals surface area contributed by atoms with Gasteiger partial charge in [-0.2, -0.15) is 0 Å². The highest BCUT2D eigenvalue weighted by atomic mass is 31.2. The lowest BCUT2D eigenvalue weighted by Crippen LogP contribution is -1.84. The van der Waals surface area contributed by atoms with Gasteiger partial charge in [-0.3, -0.25) is 0 Å². The van der Waals surface area contributed by atoms with Gasteiger partial charge in [0.1, 0.15) is 0 Å². The topological polar surface area (TPSA) is 187 Å². The molecule has 0 aliphatic heterocycles. The quantitative estimate of drug-likeness (QED) is 0.0763. The van der Waals surface area contributed by atoms with Crippen molar-refractivity contribution in [2.24, 2.45) is 0 Å². The highest BCUT2D eigenvalue weighted by Gasteiger charge is 2.00. The van der Waals surface area contributed by atoms with Crippen molar-refractivity contribution in [3.8, 4) is 0 Å². The number of phosphoric acid groups is 2. The summed E-state index contributed by atoms with van der Waals surface area (Å²) in [6.07, 6.45) is 29.4. The van der Waals surface area contributed by atoms with Crippen molar-refractivity contribution in [2.75, 3.05) is 0 Å². The zero-order chi connectivity index (χ0) is 25.1. The Morgan fingerprint density at radius 1 is 0.382 bits per heavy atom. The molecular weight excluding hydrogens is 482 g/mol. The molecule has 0 aromatic carbocycles. The molecule has 0 aromatic rings. The van der Waals surface area contributed by atoms with Crippen molar-refractivity contribution in [3.63, 3.8) is 0 Å². The molecule has 0 amide bonds. The van der Waals surface area contributed by atoms with E-state index in [2.05, 4.69) is 13.8 Å². The summed E-state index contributed by atoms with van der Waals surface area (Å²) in [4.78, 5) is 43.1. The maximum atomic E-state index is 8.88. The Balaban J connectivity index is -0.000000196. The van der Waals surface area contributed by atoms with E-state index in [1.807, 2.05) is 0 Å². The Morgan fingerprint density at radius 3 is 0.559 bits per heavy atom. The number of hydrogen-bond donors (Lipinski definition) is 6. The van der Waals surface area contributed by atoms with E-state index in [0.717, 1.165) is 0 Å². The predicted octanol–water partition coefficient (Wildman–Crippen LogP) is 6.78. The van der Waals surface area contributed by atoms with Crippen LogP contribution < -0.4 is 0 Å². The molecule has 0 aliphatic carbocycles. The van der Waals surface area contributed by atoms with E-state index >= 15 is 0 Å². The molecule has 0 aliphatic rings. The van der Waals surface area contributed by atoms with Crippen LogP contribution in [0, 0.1) is 0 Å². The summed E-state index contributed by atoms with van der Waals surface area (Å²) in [5.41, 5.74) is 0. The molecule has 34 heavy (non-hydrogen) atoms. The van der Waals surface area contributed by atoms with Crippen molar-refractivity contribution >= 4 is 15.6 Å². The molecule has 0 fully saturated rings. The molecule has 0 unspecified atom stereocenters. The van der Waals surface area contributed by atoms with Gasteiger partial charge in [-0.05, 0) is 0 Å². The molecule has 9 nitrogen and oxygen atoms in total. The molecule has 0 spiro atoms. The molecule has 0 saturated carbocycles. The first-order valence-corrected chi connectivity index (χ1v) is 15.6. The average molecular weight is 541 g/mol. The highest BCUT2D eigenvalue weighted by molar-refractivity contribution is 7.45. The first kappa shape index (κ1) is 44.2. The molecule has 0 rings (SSSR count). The Hall–Kier alpha value is 0.180. The molecule has 0 radical (unpaired) electrons. The summed E-state index contributed by atoms with van der Waals surface area (Å²) >= 11 is 0. The van der Waals surface area contributed by atoms with E-state index in [4.69, 9.17) is 38.5 Å². The fraction of sp³-hybridized carbons (Fsp3) is 1.00. The van der Waals surface area contributed by atoms with Gasteiger partial charge in [0.15, 0.2) is 0 Å². The van der Waals surface area contributed by atoms with Gasteiger partial charge in [-0.1, -0.05) is 150 Å². The fourth-order valence-electron chi connectivity index (χ4n) is 3.33. The minimum Gasteiger partial charge on any atom is -0.412 e. The lowest BCUT2D eigenvalue weighted by atomic mass is 10.0. The second-order valence-corrected chi connectivity index (χ2v) is 10.4. The van der Waals surface area contributed by atoms with Gasteiger partial charge in [0.2, 0.25) is 0 Å². The minimum absolute atomic E-state index is 0. The van der Waals surface area contributed by atoms with Crippen LogP contribution in [0.1, 0.15) is 150 Å². The predicted molar refractivity (Wildman–Crippen MR) is 143 cm³/mol. The van der Waals surface area contributed by atoms with E-state index in [1.54, 1.807) is 0 Å². The lowest BCUT2D eigenvalue weighted by molar-refractivity contribution is 0.272. The van der Waals surface area contributed by atoms with Crippen LogP contribution in [-0.4, -0.2) is 34.8 Å². The lowest BCUT2D eigenvalue weighted by Gasteiger charge is -2.03. The molecule has 0 aromatic heterocycles. The molecule has 8 N–H and O–H groups in total. The van der Waals surface area contributed by atoms with Crippen molar-refractivity contribution in [2.45, 2.75) is 150 Å². The largest absolute Gasteiger partial charge is 0.466 e. The second-order valence-electron chi connectivity index (χ2n) is 8.39. The Morgan fingerprint density at radius 2 is 0.471 bits per heavy atom. The maximum Gasteiger partial charge on any atom is 0.466 e. The van der Waals surface area contributed by atoms with E-state index in [0.29, 0.717) is 0 Å². The monoisotopic (exact) mass is 540 g/mol. The van der Waals surface area contributed by atoms with Crippen molar-refractivity contribution < 1.29 is 44.0 Å². The van der Waals surface area contributed by atoms with Gasteiger partial charge in [-0.15, -0.1) is 0 Å². The molecular formula is C23H58O9P2. The summed E-state index contributed by atoms with van der Waals surface area (Å²) in [6.45, 7) is 4.60. The number of unbranched alkanes of at least 4 members (excludes halogenated alkanes) is 19. The normalized spacial score (nSPS) is 10.7. The molecule has 0 heterocycles. The summed E-state index contributed by atoms with van der Waals surface area (Å²) in [5.74, 6) is 0. The summed E-state index contributed by atoms with van der Waals surface area (Å²) in [6, 6.07) is 0. The SMILES string of the molecule is C.CCCCCCCCCCCCCCCCCCCCCC.O.O=P(O)(O)O.O=P(O)(O)O. The van der Waals surface area contributed by atoms with Crippen LogP contribution in [0.3, 0.4) is 0 Å². The average Bonchev–Trinajstić information content (AvgIpc) is 2.64. The van der Waals surface area contributed by atoms with Crippen molar-refractivity contribution in [1.29, 1.82) is 0 Å². The maximum absolute atomic E-state index is 8.88. The molecule has 0 saturated heterocycles. The zero-order valence-corrected chi connectivity index (χ0v) is 22.8. The Bertz CT molecular complexity index is 384. The summed E-state index contributed by atoms with van der Waals surface area (Å²) < 4.78 is 17.8. The fourth-order valence-corrected chi connectivity index (χ4v) is 3.33. The van der Waals surface area contributed by atoms with Crippen LogP contribution in [0.2, 0.25) is 0 Å². The molecule has 11 heteroatoms. The van der Waals surface area contributed by atoms with Crippen LogP contribution >= 0.6 is 15.6 Å². The van der Waals surface area contributed by atoms with Gasteiger partial charge in [0.05, 0.1) is 0 Å². The standard InChI is InChI=1S/C22H46.CH4.2H3O4P.H2O/c1-3-5-7-9-11-13-15-17-19-21-22-20-18-16-14-12-10-8-6-4-2;;2*1-5(2,3)4;/h3-22H2,1-2H3;1H4;2*(H3,1,2,3,4);1H2. The van der Waals surface area contributed by atoms with Crippen LogP contribution in [0.4, 0.5) is 0 Å². The van der Waals surface area contributed by atoms with Gasteiger partial charge in [0, 0.05) is 0 Å². The van der Waals surface area contributed by atoms with Crippen molar-refractivity contribution in [3.05, 3.63) is 0 Å². The van der Waals surface area contributed by atoms with Crippen LogP contribution in [0.25, 0.3) is 0 Å². The number of rotatable bonds is 19. The van der Waals surface area contributed by atoms with E-state index < -0.39 is 15.6 Å². The van der Waals surface area contributed by atoms with Crippen LogP contribution in [0.15, 0.2) is 0 Å². The van der Waals surface area contributed by atoms with Gasteiger partial charge >= 0.3 is 15.6 Å². The van der Waals surface area contributed by atoms with Gasteiger partial charge in [-0.25, -0.2) is 9.13 Å². The third-order valence-electron chi connectivity index (χ3n) is 4.96. The number of hydrogen-bond acceptors (Lipinski definition) is 2. The van der Waals surface area contributed by atoms with Crippen molar-refractivity contribution in [1.82, 2.24) is 0 Å². The Kier molecular flexibility index (Phi) is 43.1. The molecule has 0 bridgehead atoms. The summed E-state index contributed by atoms with van der Waals surface area (Å²) in [5, 5.41) is 0.